The number of nitrogens with two attached hydrogens (primary N) is 1. The highest BCUT2D eigenvalue weighted by atomic mass is 19.1. The van der Waals surface area contributed by atoms with Crippen LogP contribution in [-0.4, -0.2) is 10.1 Å². The van der Waals surface area contributed by atoms with Gasteiger partial charge in [0.05, 0.1) is 0 Å². The lowest BCUT2D eigenvalue weighted by Gasteiger charge is -1.94. The maximum absolute atomic E-state index is 12.1. The molecule has 1 aromatic heterocycles. The highest BCUT2D eigenvalue weighted by molar-refractivity contribution is 5.60. The summed E-state index contributed by atoms with van der Waals surface area (Å²) in [6.07, 6.45) is 0. The fourth-order valence-corrected chi connectivity index (χ4v) is 1.10. The fraction of sp³-hybridized carbons (Fsp3) is 0.111. The van der Waals surface area contributed by atoms with Crippen LogP contribution in [-0.2, 0) is 6.67 Å². The van der Waals surface area contributed by atoms with Gasteiger partial charge in [0.2, 0.25) is 5.82 Å². The van der Waals surface area contributed by atoms with Gasteiger partial charge in [-0.05, 0) is 12.1 Å². The summed E-state index contributed by atoms with van der Waals surface area (Å²) in [6, 6.07) is 7.01. The van der Waals surface area contributed by atoms with E-state index >= 15 is 0 Å². The molecule has 1 heterocycles. The zero-order chi connectivity index (χ0) is 9.97. The second-order valence-electron chi connectivity index (χ2n) is 2.77. The van der Waals surface area contributed by atoms with Crippen LogP contribution >= 0.6 is 0 Å². The van der Waals surface area contributed by atoms with E-state index in [0.717, 1.165) is 0 Å². The molecule has 2 N–H and O–H groups in total. The first-order valence-electron chi connectivity index (χ1n) is 4.04. The summed E-state index contributed by atoms with van der Waals surface area (Å²) in [5.41, 5.74) is 6.90. The first kappa shape index (κ1) is 8.68. The summed E-state index contributed by atoms with van der Waals surface area (Å²) >= 11 is 0. The Bertz CT molecular complexity index is 441. The second-order valence-corrected chi connectivity index (χ2v) is 2.77. The van der Waals surface area contributed by atoms with Crippen molar-refractivity contribution in [2.75, 3.05) is 5.73 Å². The molecule has 0 unspecified atom stereocenters. The molecule has 0 aliphatic rings. The Kier molecular flexibility index (Phi) is 2.14. The van der Waals surface area contributed by atoms with Crippen molar-refractivity contribution in [2.45, 2.75) is 6.67 Å². The van der Waals surface area contributed by atoms with E-state index in [1.165, 1.54) is 0 Å². The van der Waals surface area contributed by atoms with Gasteiger partial charge in [0.15, 0.2) is 6.67 Å². The van der Waals surface area contributed by atoms with Gasteiger partial charge in [-0.25, -0.2) is 4.39 Å². The number of alkyl halides is 1. The standard InChI is InChI=1S/C9H8FN3O/c10-5-8-12-9(13-14-8)6-2-1-3-7(11)4-6/h1-4H,5,11H2. The molecule has 0 amide bonds. The lowest BCUT2D eigenvalue weighted by molar-refractivity contribution is 0.323. The van der Waals surface area contributed by atoms with Crippen LogP contribution in [0, 0.1) is 0 Å². The molecule has 14 heavy (non-hydrogen) atoms. The molecule has 0 aliphatic carbocycles. The number of hydrogen-bond donors (Lipinski definition) is 1. The van der Waals surface area contributed by atoms with E-state index in [-0.39, 0.29) is 5.89 Å². The van der Waals surface area contributed by atoms with Crippen molar-refractivity contribution in [3.8, 4) is 11.4 Å². The summed E-state index contributed by atoms with van der Waals surface area (Å²) in [6.45, 7) is -0.755. The molecule has 0 aliphatic heterocycles. The smallest absolute Gasteiger partial charge is 0.258 e. The zero-order valence-electron chi connectivity index (χ0n) is 7.27. The minimum Gasteiger partial charge on any atom is -0.399 e. The SMILES string of the molecule is Nc1cccc(-c2noc(CF)n2)c1. The lowest BCUT2D eigenvalue weighted by Crippen LogP contribution is -1.86. The molecule has 0 atom stereocenters. The predicted molar refractivity (Wildman–Crippen MR) is 49.0 cm³/mol. The van der Waals surface area contributed by atoms with Crippen molar-refractivity contribution in [2.24, 2.45) is 0 Å². The van der Waals surface area contributed by atoms with Crippen LogP contribution in [0.25, 0.3) is 11.4 Å². The molecule has 0 fully saturated rings. The van der Waals surface area contributed by atoms with Crippen LogP contribution in [0.3, 0.4) is 0 Å². The quantitative estimate of drug-likeness (QED) is 0.738. The number of nitrogen functional groups attached to an aromatic ring is 1. The Morgan fingerprint density at radius 1 is 1.43 bits per heavy atom. The first-order valence-corrected chi connectivity index (χ1v) is 4.04. The van der Waals surface area contributed by atoms with Gasteiger partial charge < -0.3 is 10.3 Å². The van der Waals surface area contributed by atoms with Gasteiger partial charge >= 0.3 is 0 Å². The van der Waals surface area contributed by atoms with E-state index in [1.807, 2.05) is 0 Å². The molecule has 0 spiro atoms. The molecule has 0 radical (unpaired) electrons. The number of rotatable bonds is 2. The molecular formula is C9H8FN3O. The molecular weight excluding hydrogens is 185 g/mol. The number of hydrogen-bond acceptors (Lipinski definition) is 4. The molecule has 4 nitrogen and oxygen atoms in total. The summed E-state index contributed by atoms with van der Waals surface area (Å²) in [4.78, 5) is 3.83. The van der Waals surface area contributed by atoms with Crippen LogP contribution in [0.15, 0.2) is 28.8 Å². The monoisotopic (exact) mass is 193 g/mol. The first-order chi connectivity index (χ1) is 6.79. The van der Waals surface area contributed by atoms with Gasteiger partial charge in [-0.2, -0.15) is 4.98 Å². The molecule has 0 saturated carbocycles. The van der Waals surface area contributed by atoms with E-state index < -0.39 is 6.67 Å². The number of benzene rings is 1. The number of anilines is 1. The number of nitrogens with zero attached hydrogens (tertiary/aromatic N) is 2. The van der Waals surface area contributed by atoms with E-state index in [9.17, 15) is 4.39 Å². The van der Waals surface area contributed by atoms with Crippen molar-refractivity contribution in [1.29, 1.82) is 0 Å². The Morgan fingerprint density at radius 3 is 2.93 bits per heavy atom. The van der Waals surface area contributed by atoms with Crippen LogP contribution in [0.2, 0.25) is 0 Å². The molecule has 0 saturated heterocycles. The van der Waals surface area contributed by atoms with E-state index in [0.29, 0.717) is 17.1 Å². The lowest BCUT2D eigenvalue weighted by atomic mass is 10.2. The molecule has 2 aromatic rings. The van der Waals surface area contributed by atoms with Crippen molar-refractivity contribution < 1.29 is 8.91 Å². The van der Waals surface area contributed by atoms with Crippen LogP contribution in [0.1, 0.15) is 5.89 Å². The van der Waals surface area contributed by atoms with Crippen molar-refractivity contribution in [3.05, 3.63) is 30.2 Å². The van der Waals surface area contributed by atoms with Crippen molar-refractivity contribution in [1.82, 2.24) is 10.1 Å². The van der Waals surface area contributed by atoms with Gasteiger partial charge in [-0.3, -0.25) is 0 Å². The molecule has 5 heteroatoms. The maximum Gasteiger partial charge on any atom is 0.258 e. The van der Waals surface area contributed by atoms with Crippen LogP contribution in [0.5, 0.6) is 0 Å². The highest BCUT2D eigenvalue weighted by Crippen LogP contribution is 2.18. The third-order valence-electron chi connectivity index (χ3n) is 1.73. The Hall–Kier alpha value is -1.91. The Labute approximate surface area is 79.5 Å². The average Bonchev–Trinajstić information content (AvgIpc) is 2.66. The van der Waals surface area contributed by atoms with Gasteiger partial charge in [0, 0.05) is 11.3 Å². The van der Waals surface area contributed by atoms with Gasteiger partial charge in [0.25, 0.3) is 5.89 Å². The average molecular weight is 193 g/mol. The third-order valence-corrected chi connectivity index (χ3v) is 1.73. The maximum atomic E-state index is 12.1. The topological polar surface area (TPSA) is 64.9 Å². The second kappa shape index (κ2) is 3.45. The fourth-order valence-electron chi connectivity index (χ4n) is 1.10. The highest BCUT2D eigenvalue weighted by Gasteiger charge is 2.07. The van der Waals surface area contributed by atoms with Gasteiger partial charge in [-0.1, -0.05) is 17.3 Å². The largest absolute Gasteiger partial charge is 0.399 e. The summed E-state index contributed by atoms with van der Waals surface area (Å²) < 4.78 is 16.7. The Morgan fingerprint density at radius 2 is 2.29 bits per heavy atom. The minimum absolute atomic E-state index is 0.0255. The molecule has 72 valence electrons. The minimum atomic E-state index is -0.755. The molecule has 1 aromatic carbocycles. The normalized spacial score (nSPS) is 10.4. The Balaban J connectivity index is 2.39. The third kappa shape index (κ3) is 1.56. The number of aromatic nitrogens is 2. The van der Waals surface area contributed by atoms with Crippen LogP contribution < -0.4 is 5.73 Å². The van der Waals surface area contributed by atoms with Gasteiger partial charge in [0.1, 0.15) is 0 Å². The van der Waals surface area contributed by atoms with E-state index in [1.54, 1.807) is 24.3 Å². The van der Waals surface area contributed by atoms with Crippen LogP contribution in [0.4, 0.5) is 10.1 Å². The van der Waals surface area contributed by atoms with Crippen molar-refractivity contribution >= 4 is 5.69 Å². The molecule has 0 bridgehead atoms. The summed E-state index contributed by atoms with van der Waals surface area (Å²) in [5, 5.41) is 3.62. The summed E-state index contributed by atoms with van der Waals surface area (Å²) in [7, 11) is 0. The predicted octanol–water partition coefficient (Wildman–Crippen LogP) is 1.79. The van der Waals surface area contributed by atoms with Gasteiger partial charge in [-0.15, -0.1) is 0 Å². The van der Waals surface area contributed by atoms with E-state index in [4.69, 9.17) is 5.73 Å². The van der Waals surface area contributed by atoms with E-state index in [2.05, 4.69) is 14.7 Å². The van der Waals surface area contributed by atoms with Crippen molar-refractivity contribution in [3.63, 3.8) is 0 Å². The number of halogens is 1. The summed E-state index contributed by atoms with van der Waals surface area (Å²) in [5.74, 6) is 0.326. The molecule has 2 rings (SSSR count). The zero-order valence-corrected chi connectivity index (χ0v) is 7.27.